The lowest BCUT2D eigenvalue weighted by Crippen LogP contribution is -1.88. The van der Waals surface area contributed by atoms with Gasteiger partial charge in [0, 0.05) is 11.9 Å². The number of rotatable bonds is 1. The van der Waals surface area contributed by atoms with Gasteiger partial charge in [-0.1, -0.05) is 0 Å². The van der Waals surface area contributed by atoms with E-state index in [4.69, 9.17) is 0 Å². The zero-order chi connectivity index (χ0) is 9.54. The molecule has 0 amide bonds. The second kappa shape index (κ2) is 2.92. The number of fused-ring (bicyclic) bond motifs is 1. The molecule has 0 bridgehead atoms. The van der Waals surface area contributed by atoms with E-state index in [0.29, 0.717) is 0 Å². The molecule has 0 radical (unpaired) electrons. The fraction of sp³-hybridized carbons (Fsp3) is 0.400. The third-order valence-corrected chi connectivity index (χ3v) is 3.91. The molecule has 2 heterocycles. The zero-order valence-electron chi connectivity index (χ0n) is 8.03. The lowest BCUT2D eigenvalue weighted by atomic mass is 10.2. The van der Waals surface area contributed by atoms with Crippen molar-refractivity contribution in [1.29, 1.82) is 0 Å². The van der Waals surface area contributed by atoms with E-state index in [9.17, 15) is 0 Å². The third kappa shape index (κ3) is 1.10. The first-order valence-corrected chi connectivity index (χ1v) is 5.62. The minimum atomic E-state index is 0.990. The van der Waals surface area contributed by atoms with Crippen molar-refractivity contribution in [3.63, 3.8) is 0 Å². The zero-order valence-corrected chi connectivity index (χ0v) is 8.84. The van der Waals surface area contributed by atoms with E-state index in [1.165, 1.54) is 29.7 Å². The maximum atomic E-state index is 4.12. The highest BCUT2D eigenvalue weighted by molar-refractivity contribution is 7.15. The van der Waals surface area contributed by atoms with Crippen LogP contribution in [-0.4, -0.2) is 14.8 Å². The van der Waals surface area contributed by atoms with Gasteiger partial charge in [-0.2, -0.15) is 0 Å². The molecular formula is C10H11N3S. The summed E-state index contributed by atoms with van der Waals surface area (Å²) in [6.45, 7) is 0. The average Bonchev–Trinajstić information content (AvgIpc) is 2.75. The predicted molar refractivity (Wildman–Crippen MR) is 56.3 cm³/mol. The highest BCUT2D eigenvalue weighted by Crippen LogP contribution is 2.35. The van der Waals surface area contributed by atoms with Crippen LogP contribution in [0.5, 0.6) is 0 Å². The van der Waals surface area contributed by atoms with Gasteiger partial charge in [0.15, 0.2) is 5.82 Å². The number of aryl methyl sites for hydroxylation is 3. The van der Waals surface area contributed by atoms with Crippen LogP contribution < -0.4 is 0 Å². The molecule has 72 valence electrons. The summed E-state index contributed by atoms with van der Waals surface area (Å²) in [7, 11) is 1.99. The highest BCUT2D eigenvalue weighted by atomic mass is 32.1. The van der Waals surface area contributed by atoms with Gasteiger partial charge in [0.25, 0.3) is 0 Å². The van der Waals surface area contributed by atoms with E-state index in [0.717, 1.165) is 5.82 Å². The Morgan fingerprint density at radius 1 is 1.43 bits per heavy atom. The topological polar surface area (TPSA) is 30.7 Å². The van der Waals surface area contributed by atoms with Crippen molar-refractivity contribution in [3.05, 3.63) is 22.8 Å². The van der Waals surface area contributed by atoms with Crippen LogP contribution in [-0.2, 0) is 19.9 Å². The molecule has 4 heteroatoms. The molecule has 1 aliphatic rings. The number of nitrogens with zero attached hydrogens (tertiary/aromatic N) is 3. The first-order valence-electron chi connectivity index (χ1n) is 4.80. The Labute approximate surface area is 86.4 Å². The van der Waals surface area contributed by atoms with Crippen molar-refractivity contribution < 1.29 is 0 Å². The quantitative estimate of drug-likeness (QED) is 0.713. The van der Waals surface area contributed by atoms with E-state index in [1.807, 2.05) is 23.0 Å². The summed E-state index contributed by atoms with van der Waals surface area (Å²) < 4.78 is 1.97. The predicted octanol–water partition coefficient (Wildman–Crippen LogP) is 2.03. The largest absolute Gasteiger partial charge is 0.316 e. The fourth-order valence-corrected chi connectivity index (χ4v) is 3.23. The van der Waals surface area contributed by atoms with Crippen molar-refractivity contribution >= 4 is 11.3 Å². The van der Waals surface area contributed by atoms with E-state index < -0.39 is 0 Å². The molecule has 0 aliphatic heterocycles. The van der Waals surface area contributed by atoms with Crippen LogP contribution in [0.15, 0.2) is 12.4 Å². The molecule has 3 nitrogen and oxygen atoms in total. The average molecular weight is 205 g/mol. The molecule has 0 unspecified atom stereocenters. The summed E-state index contributed by atoms with van der Waals surface area (Å²) in [6.07, 6.45) is 5.56. The summed E-state index contributed by atoms with van der Waals surface area (Å²) in [4.78, 5) is 2.80. The lowest BCUT2D eigenvalue weighted by molar-refractivity contribution is 0.911. The minimum Gasteiger partial charge on any atom is -0.316 e. The van der Waals surface area contributed by atoms with Crippen molar-refractivity contribution in [2.75, 3.05) is 0 Å². The molecule has 2 aromatic heterocycles. The van der Waals surface area contributed by atoms with Crippen molar-refractivity contribution in [2.45, 2.75) is 19.3 Å². The molecule has 0 N–H and O–H groups in total. The smallest absolute Gasteiger partial charge is 0.173 e. The second-order valence-electron chi connectivity index (χ2n) is 3.68. The van der Waals surface area contributed by atoms with Gasteiger partial charge in [0.2, 0.25) is 0 Å². The molecule has 0 saturated carbocycles. The van der Waals surface area contributed by atoms with Crippen LogP contribution in [0.1, 0.15) is 16.9 Å². The maximum absolute atomic E-state index is 4.12. The van der Waals surface area contributed by atoms with E-state index in [2.05, 4.69) is 16.3 Å². The van der Waals surface area contributed by atoms with Gasteiger partial charge in [0.1, 0.15) is 6.33 Å². The molecule has 2 aromatic rings. The number of hydrogen-bond donors (Lipinski definition) is 0. The Balaban J connectivity index is 2.09. The van der Waals surface area contributed by atoms with Crippen LogP contribution >= 0.6 is 11.3 Å². The van der Waals surface area contributed by atoms with Crippen LogP contribution in [0.3, 0.4) is 0 Å². The van der Waals surface area contributed by atoms with E-state index >= 15 is 0 Å². The standard InChI is InChI=1S/C10H11N3S/c1-13-6-11-12-10(13)9-5-7-3-2-4-8(7)14-9/h5-6H,2-4H2,1H3. The molecule has 0 atom stereocenters. The number of thiophene rings is 1. The molecule has 0 aromatic carbocycles. The molecule has 1 aliphatic carbocycles. The van der Waals surface area contributed by atoms with Crippen molar-refractivity contribution in [1.82, 2.24) is 14.8 Å². The van der Waals surface area contributed by atoms with Gasteiger partial charge in [0.05, 0.1) is 4.88 Å². The van der Waals surface area contributed by atoms with Crippen LogP contribution in [0.25, 0.3) is 10.7 Å². The second-order valence-corrected chi connectivity index (χ2v) is 4.81. The van der Waals surface area contributed by atoms with Crippen molar-refractivity contribution in [2.24, 2.45) is 7.05 Å². The molecule has 0 spiro atoms. The molecule has 3 rings (SSSR count). The normalized spacial score (nSPS) is 14.6. The van der Waals surface area contributed by atoms with Crippen LogP contribution in [0.2, 0.25) is 0 Å². The Kier molecular flexibility index (Phi) is 1.70. The van der Waals surface area contributed by atoms with Crippen LogP contribution in [0, 0.1) is 0 Å². The summed E-state index contributed by atoms with van der Waals surface area (Å²) in [5, 5.41) is 8.02. The SMILES string of the molecule is Cn1cnnc1-c1cc2c(s1)CCC2. The molecule has 14 heavy (non-hydrogen) atoms. The van der Waals surface area contributed by atoms with Crippen molar-refractivity contribution in [3.8, 4) is 10.7 Å². The monoisotopic (exact) mass is 205 g/mol. The van der Waals surface area contributed by atoms with E-state index in [1.54, 1.807) is 11.2 Å². The van der Waals surface area contributed by atoms with Gasteiger partial charge < -0.3 is 4.57 Å². The first-order chi connectivity index (χ1) is 6.84. The third-order valence-electron chi connectivity index (χ3n) is 2.68. The fourth-order valence-electron chi connectivity index (χ4n) is 1.95. The minimum absolute atomic E-state index is 0.990. The molecule has 0 fully saturated rings. The van der Waals surface area contributed by atoms with Gasteiger partial charge in [-0.3, -0.25) is 0 Å². The molecular weight excluding hydrogens is 194 g/mol. The summed E-state index contributed by atoms with van der Waals surface area (Å²) >= 11 is 1.87. The Hall–Kier alpha value is -1.16. The van der Waals surface area contributed by atoms with Gasteiger partial charge >= 0.3 is 0 Å². The summed E-state index contributed by atoms with van der Waals surface area (Å²) in [5.74, 6) is 0.990. The Bertz CT molecular complexity index is 448. The lowest BCUT2D eigenvalue weighted by Gasteiger charge is -1.94. The van der Waals surface area contributed by atoms with Crippen LogP contribution in [0.4, 0.5) is 0 Å². The van der Waals surface area contributed by atoms with Gasteiger partial charge in [-0.15, -0.1) is 21.5 Å². The number of hydrogen-bond acceptors (Lipinski definition) is 3. The highest BCUT2D eigenvalue weighted by Gasteiger charge is 2.17. The number of aromatic nitrogens is 3. The molecule has 0 saturated heterocycles. The van der Waals surface area contributed by atoms with E-state index in [-0.39, 0.29) is 0 Å². The van der Waals surface area contributed by atoms with Gasteiger partial charge in [-0.05, 0) is 30.9 Å². The summed E-state index contributed by atoms with van der Waals surface area (Å²) in [6, 6.07) is 2.27. The first kappa shape index (κ1) is 8.17. The summed E-state index contributed by atoms with van der Waals surface area (Å²) in [5.41, 5.74) is 1.52. The Morgan fingerprint density at radius 2 is 2.36 bits per heavy atom. The maximum Gasteiger partial charge on any atom is 0.173 e. The Morgan fingerprint density at radius 3 is 3.07 bits per heavy atom. The van der Waals surface area contributed by atoms with Gasteiger partial charge in [-0.25, -0.2) is 0 Å².